The molecule has 5 nitrogen and oxygen atoms in total. The normalized spacial score (nSPS) is 9.95. The molecular formula is C16H17N3O2. The molecule has 0 saturated carbocycles. The van der Waals surface area contributed by atoms with Crippen molar-refractivity contribution in [2.45, 2.75) is 6.54 Å². The fourth-order valence-electron chi connectivity index (χ4n) is 1.81. The van der Waals surface area contributed by atoms with Gasteiger partial charge in [0.15, 0.2) is 0 Å². The lowest BCUT2D eigenvalue weighted by molar-refractivity contribution is -0.129. The zero-order valence-corrected chi connectivity index (χ0v) is 11.8. The Morgan fingerprint density at radius 3 is 2.48 bits per heavy atom. The van der Waals surface area contributed by atoms with Crippen LogP contribution in [0.3, 0.4) is 0 Å². The van der Waals surface area contributed by atoms with E-state index in [4.69, 9.17) is 0 Å². The van der Waals surface area contributed by atoms with Crippen molar-refractivity contribution >= 4 is 11.8 Å². The Kier molecular flexibility index (Phi) is 5.04. The minimum atomic E-state index is -0.254. The van der Waals surface area contributed by atoms with Crippen LogP contribution in [0, 0.1) is 0 Å². The van der Waals surface area contributed by atoms with Gasteiger partial charge in [-0.1, -0.05) is 24.3 Å². The number of benzene rings is 1. The maximum atomic E-state index is 12.0. The van der Waals surface area contributed by atoms with Crippen LogP contribution in [0.4, 0.5) is 0 Å². The van der Waals surface area contributed by atoms with E-state index in [-0.39, 0.29) is 18.4 Å². The Hall–Kier alpha value is -2.69. The smallest absolute Gasteiger partial charge is 0.251 e. The highest BCUT2D eigenvalue weighted by Gasteiger charge is 2.12. The van der Waals surface area contributed by atoms with Gasteiger partial charge in [-0.25, -0.2) is 0 Å². The van der Waals surface area contributed by atoms with Gasteiger partial charge in [0.2, 0.25) is 5.91 Å². The summed E-state index contributed by atoms with van der Waals surface area (Å²) in [4.78, 5) is 29.5. The quantitative estimate of drug-likeness (QED) is 0.904. The third-order valence-electron chi connectivity index (χ3n) is 2.99. The molecule has 2 aromatic rings. The summed E-state index contributed by atoms with van der Waals surface area (Å²) in [5, 5.41) is 2.61. The molecule has 0 aliphatic rings. The first-order valence-electron chi connectivity index (χ1n) is 6.64. The van der Waals surface area contributed by atoms with Crippen LogP contribution in [0.15, 0.2) is 54.7 Å². The van der Waals surface area contributed by atoms with Gasteiger partial charge in [0, 0.05) is 18.8 Å². The first-order valence-corrected chi connectivity index (χ1v) is 6.64. The van der Waals surface area contributed by atoms with Crippen molar-refractivity contribution in [3.8, 4) is 0 Å². The van der Waals surface area contributed by atoms with E-state index >= 15 is 0 Å². The van der Waals surface area contributed by atoms with Crippen molar-refractivity contribution in [3.05, 3.63) is 66.0 Å². The van der Waals surface area contributed by atoms with Crippen LogP contribution in [0.1, 0.15) is 16.1 Å². The lowest BCUT2D eigenvalue weighted by atomic mass is 10.2. The summed E-state index contributed by atoms with van der Waals surface area (Å²) in [5.41, 5.74) is 1.35. The molecule has 1 aromatic carbocycles. The Balaban J connectivity index is 1.83. The molecule has 1 aromatic heterocycles. The van der Waals surface area contributed by atoms with Crippen LogP contribution in [-0.4, -0.2) is 35.3 Å². The van der Waals surface area contributed by atoms with E-state index in [1.807, 2.05) is 24.3 Å². The summed E-state index contributed by atoms with van der Waals surface area (Å²) in [5.74, 6) is -0.417. The second-order valence-corrected chi connectivity index (χ2v) is 4.62. The van der Waals surface area contributed by atoms with Crippen molar-refractivity contribution in [2.75, 3.05) is 13.6 Å². The number of nitrogens with one attached hydrogen (secondary N) is 1. The Morgan fingerprint density at radius 1 is 1.10 bits per heavy atom. The van der Waals surface area contributed by atoms with E-state index in [2.05, 4.69) is 10.3 Å². The lowest BCUT2D eigenvalue weighted by Gasteiger charge is -2.17. The number of hydrogen-bond donors (Lipinski definition) is 1. The summed E-state index contributed by atoms with van der Waals surface area (Å²) in [7, 11) is 1.69. The number of carbonyl (C=O) groups excluding carboxylic acids is 2. The van der Waals surface area contributed by atoms with E-state index in [1.165, 1.54) is 4.90 Å². The average molecular weight is 283 g/mol. The van der Waals surface area contributed by atoms with Gasteiger partial charge in [-0.3, -0.25) is 14.6 Å². The highest BCUT2D eigenvalue weighted by Crippen LogP contribution is 2.00. The molecule has 21 heavy (non-hydrogen) atoms. The fourth-order valence-corrected chi connectivity index (χ4v) is 1.81. The van der Waals surface area contributed by atoms with E-state index < -0.39 is 0 Å². The molecule has 0 atom stereocenters. The molecule has 0 aliphatic heterocycles. The number of rotatable bonds is 5. The van der Waals surface area contributed by atoms with Gasteiger partial charge >= 0.3 is 0 Å². The van der Waals surface area contributed by atoms with Gasteiger partial charge in [0.25, 0.3) is 5.91 Å². The maximum Gasteiger partial charge on any atom is 0.251 e. The molecule has 1 N–H and O–H groups in total. The second-order valence-electron chi connectivity index (χ2n) is 4.62. The first-order chi connectivity index (χ1) is 10.2. The molecule has 0 bridgehead atoms. The van der Waals surface area contributed by atoms with Crippen molar-refractivity contribution in [2.24, 2.45) is 0 Å². The van der Waals surface area contributed by atoms with Crippen LogP contribution in [0.5, 0.6) is 0 Å². The molecule has 1 heterocycles. The lowest BCUT2D eigenvalue weighted by Crippen LogP contribution is -2.37. The molecular weight excluding hydrogens is 266 g/mol. The largest absolute Gasteiger partial charge is 0.343 e. The molecule has 0 fully saturated rings. The highest BCUT2D eigenvalue weighted by atomic mass is 16.2. The summed E-state index contributed by atoms with van der Waals surface area (Å²) < 4.78 is 0. The Morgan fingerprint density at radius 2 is 1.81 bits per heavy atom. The third kappa shape index (κ3) is 4.42. The standard InChI is InChI=1S/C16H17N3O2/c1-19(12-14-9-5-6-10-17-14)15(20)11-18-16(21)13-7-3-2-4-8-13/h2-10H,11-12H2,1H3,(H,18,21). The predicted molar refractivity (Wildman–Crippen MR) is 79.5 cm³/mol. The maximum absolute atomic E-state index is 12.0. The molecule has 2 amide bonds. The van der Waals surface area contributed by atoms with Crippen LogP contribution in [-0.2, 0) is 11.3 Å². The average Bonchev–Trinajstić information content (AvgIpc) is 2.54. The van der Waals surface area contributed by atoms with E-state index in [9.17, 15) is 9.59 Å². The van der Waals surface area contributed by atoms with Crippen molar-refractivity contribution in [3.63, 3.8) is 0 Å². The molecule has 0 radical (unpaired) electrons. The fraction of sp³-hybridized carbons (Fsp3) is 0.188. The summed E-state index contributed by atoms with van der Waals surface area (Å²) in [6.07, 6.45) is 1.69. The predicted octanol–water partition coefficient (Wildman–Crippen LogP) is 1.47. The number of carbonyl (C=O) groups is 2. The molecule has 0 aliphatic carbocycles. The molecule has 108 valence electrons. The van der Waals surface area contributed by atoms with Crippen molar-refractivity contribution in [1.82, 2.24) is 15.2 Å². The number of nitrogens with zero attached hydrogens (tertiary/aromatic N) is 2. The van der Waals surface area contributed by atoms with E-state index in [0.717, 1.165) is 5.69 Å². The van der Waals surface area contributed by atoms with Gasteiger partial charge in [0.05, 0.1) is 18.8 Å². The number of likely N-dealkylation sites (N-methyl/N-ethyl adjacent to an activating group) is 1. The minimum Gasteiger partial charge on any atom is -0.343 e. The molecule has 0 saturated heterocycles. The Labute approximate surface area is 123 Å². The SMILES string of the molecule is CN(Cc1ccccn1)C(=O)CNC(=O)c1ccccc1. The van der Waals surface area contributed by atoms with Crippen LogP contribution >= 0.6 is 0 Å². The van der Waals surface area contributed by atoms with Crippen LogP contribution < -0.4 is 5.32 Å². The zero-order valence-electron chi connectivity index (χ0n) is 11.8. The Bertz CT molecular complexity index is 599. The number of aromatic nitrogens is 1. The number of amides is 2. The van der Waals surface area contributed by atoms with Crippen LogP contribution in [0.25, 0.3) is 0 Å². The number of pyridine rings is 1. The molecule has 5 heteroatoms. The molecule has 0 unspecified atom stereocenters. The summed E-state index contributed by atoms with van der Waals surface area (Å²) in [6.45, 7) is 0.387. The van der Waals surface area contributed by atoms with Gasteiger partial charge in [0.1, 0.15) is 0 Å². The second kappa shape index (κ2) is 7.19. The zero-order chi connectivity index (χ0) is 15.1. The van der Waals surface area contributed by atoms with Gasteiger partial charge in [-0.05, 0) is 24.3 Å². The monoisotopic (exact) mass is 283 g/mol. The van der Waals surface area contributed by atoms with Gasteiger partial charge < -0.3 is 10.2 Å². The first kappa shape index (κ1) is 14.7. The van der Waals surface area contributed by atoms with Gasteiger partial charge in [-0.2, -0.15) is 0 Å². The van der Waals surface area contributed by atoms with Crippen molar-refractivity contribution in [1.29, 1.82) is 0 Å². The third-order valence-corrected chi connectivity index (χ3v) is 2.99. The summed E-state index contributed by atoms with van der Waals surface area (Å²) in [6, 6.07) is 14.4. The van der Waals surface area contributed by atoms with Crippen molar-refractivity contribution < 1.29 is 9.59 Å². The topological polar surface area (TPSA) is 62.3 Å². The highest BCUT2D eigenvalue weighted by molar-refractivity contribution is 5.96. The molecule has 0 spiro atoms. The van der Waals surface area contributed by atoms with Gasteiger partial charge in [-0.15, -0.1) is 0 Å². The minimum absolute atomic E-state index is 0.0307. The number of hydrogen-bond acceptors (Lipinski definition) is 3. The molecule has 2 rings (SSSR count). The van der Waals surface area contributed by atoms with Crippen LogP contribution in [0.2, 0.25) is 0 Å². The summed E-state index contributed by atoms with van der Waals surface area (Å²) >= 11 is 0. The van der Waals surface area contributed by atoms with E-state index in [1.54, 1.807) is 37.5 Å². The van der Waals surface area contributed by atoms with E-state index in [0.29, 0.717) is 12.1 Å².